The first-order valence-electron chi connectivity index (χ1n) is 19.4. The van der Waals surface area contributed by atoms with Crippen LogP contribution >= 0.6 is 22.6 Å². The molecular formula is C44H41BF2IN5O4. The fourth-order valence-electron chi connectivity index (χ4n) is 8.44. The number of aliphatic imine (C=N–C) groups is 1. The number of aromatic nitrogens is 1. The molecule has 13 heteroatoms. The van der Waals surface area contributed by atoms with Crippen LogP contribution in [0.4, 0.5) is 14.4 Å². The third kappa shape index (κ3) is 6.89. The first-order valence-corrected chi connectivity index (χ1v) is 20.4. The molecule has 290 valence electrons. The maximum atomic E-state index is 18.1. The quantitative estimate of drug-likeness (QED) is 0.0834. The Morgan fingerprint density at radius 1 is 0.912 bits per heavy atom. The number of rotatable bonds is 11. The summed E-state index contributed by atoms with van der Waals surface area (Å²) in [6.45, 7) is 0.115. The Labute approximate surface area is 343 Å². The van der Waals surface area contributed by atoms with E-state index in [4.69, 9.17) is 19.2 Å². The average Bonchev–Trinajstić information content (AvgIpc) is 3.75. The molecule has 9 nitrogen and oxygen atoms in total. The Morgan fingerprint density at radius 3 is 2.33 bits per heavy atom. The summed E-state index contributed by atoms with van der Waals surface area (Å²) in [5.74, 6) is 1.42. The highest BCUT2D eigenvalue weighted by Crippen LogP contribution is 2.52. The maximum Gasteiger partial charge on any atom is 0.642 e. The molecule has 0 spiro atoms. The lowest BCUT2D eigenvalue weighted by molar-refractivity contribution is -0.291. The van der Waals surface area contributed by atoms with Crippen LogP contribution in [0.15, 0.2) is 112 Å². The van der Waals surface area contributed by atoms with E-state index in [9.17, 15) is 4.79 Å². The summed E-state index contributed by atoms with van der Waals surface area (Å²) < 4.78 is 56.1. The van der Waals surface area contributed by atoms with Gasteiger partial charge in [-0.15, -0.1) is 0 Å². The van der Waals surface area contributed by atoms with Gasteiger partial charge in [0.25, 0.3) is 11.7 Å². The van der Waals surface area contributed by atoms with Crippen molar-refractivity contribution in [3.05, 3.63) is 129 Å². The van der Waals surface area contributed by atoms with E-state index in [-0.39, 0.29) is 24.2 Å². The number of fused-ring (bicyclic) bond motifs is 6. The number of carbonyl (C=O) groups excluding carboxylic acids is 1. The summed E-state index contributed by atoms with van der Waals surface area (Å²) in [6, 6.07) is 32.1. The Hall–Kier alpha value is -5.12. The molecule has 0 saturated carbocycles. The van der Waals surface area contributed by atoms with Crippen molar-refractivity contribution >= 4 is 58.4 Å². The molecular weight excluding hydrogens is 838 g/mol. The number of hydrogen-bond donors (Lipinski definition) is 1. The highest BCUT2D eigenvalue weighted by Gasteiger charge is 2.56. The summed E-state index contributed by atoms with van der Waals surface area (Å²) in [6.07, 6.45) is 2.11. The molecule has 1 N–H and O–H groups in total. The van der Waals surface area contributed by atoms with E-state index in [1.165, 1.54) is 4.48 Å². The van der Waals surface area contributed by atoms with Gasteiger partial charge in [0.2, 0.25) is 5.82 Å². The van der Waals surface area contributed by atoms with Crippen LogP contribution < -0.4 is 14.8 Å². The molecule has 5 aromatic rings. The molecule has 4 aromatic carbocycles. The van der Waals surface area contributed by atoms with Gasteiger partial charge in [-0.2, -0.15) is 0 Å². The van der Waals surface area contributed by atoms with Crippen LogP contribution in [0.5, 0.6) is 11.5 Å². The highest BCUT2D eigenvalue weighted by atomic mass is 127. The second kappa shape index (κ2) is 15.7. The Balaban J connectivity index is 1.09. The largest absolute Gasteiger partial charge is 0.642 e. The van der Waals surface area contributed by atoms with Gasteiger partial charge in [0.15, 0.2) is 6.61 Å². The molecule has 1 aromatic heterocycles. The standard InChI is InChI=1S/C44H41BF2IN5O4/c1-55-34-18-20-35-32(27-34)15-19-36-38(29-9-4-2-5-10-29)43-50-44-39(30-11-6-3-7-12-30)40(48)41(52(44)45(46,47)53(43)42(35)36)31-13-16-33(17-14-31)57-28-37(54)49-21-8-22-51-23-25-56-26-24-51/h2-7,9-14,16-18,20,27H,8,15,19,21-26,28H2,1H3,(H,49,54). The van der Waals surface area contributed by atoms with Crippen LogP contribution in [0.25, 0.3) is 28.0 Å². The van der Waals surface area contributed by atoms with Gasteiger partial charge >= 0.3 is 6.97 Å². The van der Waals surface area contributed by atoms with E-state index < -0.39 is 6.97 Å². The zero-order valence-electron chi connectivity index (χ0n) is 31.5. The molecule has 0 unspecified atom stereocenters. The fraction of sp³-hybridized carbons (Fsp3) is 0.250. The molecule has 0 atom stereocenters. The van der Waals surface area contributed by atoms with Crippen LogP contribution in [0.1, 0.15) is 28.7 Å². The lowest BCUT2D eigenvalue weighted by Gasteiger charge is -2.33. The van der Waals surface area contributed by atoms with Crippen molar-refractivity contribution in [3.8, 4) is 33.9 Å². The van der Waals surface area contributed by atoms with Gasteiger partial charge in [-0.1, -0.05) is 60.7 Å². The predicted molar refractivity (Wildman–Crippen MR) is 228 cm³/mol. The van der Waals surface area contributed by atoms with Crippen molar-refractivity contribution in [2.75, 3.05) is 53.1 Å². The van der Waals surface area contributed by atoms with Crippen molar-refractivity contribution < 1.29 is 32.1 Å². The second-order valence-corrected chi connectivity index (χ2v) is 15.6. The van der Waals surface area contributed by atoms with E-state index >= 15 is 8.63 Å². The van der Waals surface area contributed by atoms with E-state index in [1.807, 2.05) is 78.9 Å². The zero-order chi connectivity index (χ0) is 39.1. The molecule has 1 saturated heterocycles. The second-order valence-electron chi connectivity index (χ2n) is 14.6. The van der Waals surface area contributed by atoms with Crippen molar-refractivity contribution in [1.29, 1.82) is 0 Å². The molecule has 1 aliphatic carbocycles. The van der Waals surface area contributed by atoms with Crippen molar-refractivity contribution in [2.45, 2.75) is 19.3 Å². The third-order valence-electron chi connectivity index (χ3n) is 11.1. The van der Waals surface area contributed by atoms with Crippen molar-refractivity contribution in [2.24, 2.45) is 4.99 Å². The normalized spacial score (nSPS) is 17.0. The molecule has 0 radical (unpaired) electrons. The van der Waals surface area contributed by atoms with Crippen LogP contribution in [0, 0.1) is 0 Å². The first kappa shape index (κ1) is 37.5. The predicted octanol–water partition coefficient (Wildman–Crippen LogP) is 7.77. The van der Waals surface area contributed by atoms with E-state index in [2.05, 4.69) is 32.8 Å². The number of carbonyl (C=O) groups is 1. The number of morpholine rings is 1. The molecule has 3 aliphatic heterocycles. The number of halogens is 3. The van der Waals surface area contributed by atoms with Gasteiger partial charge < -0.3 is 37.1 Å². The van der Waals surface area contributed by atoms with Crippen LogP contribution in [0.2, 0.25) is 0 Å². The summed E-state index contributed by atoms with van der Waals surface area (Å²) in [5.41, 5.74) is 7.05. The number of benzene rings is 4. The Bertz CT molecular complexity index is 2450. The van der Waals surface area contributed by atoms with Gasteiger partial charge in [-0.3, -0.25) is 9.69 Å². The Kier molecular flexibility index (Phi) is 10.3. The van der Waals surface area contributed by atoms with Gasteiger partial charge in [0.05, 0.1) is 35.0 Å². The van der Waals surface area contributed by atoms with E-state index in [0.29, 0.717) is 57.0 Å². The first-order chi connectivity index (χ1) is 27.8. The van der Waals surface area contributed by atoms with Crippen molar-refractivity contribution in [3.63, 3.8) is 0 Å². The SMILES string of the molecule is COc1ccc2c(c1)CCc1c(-c3ccccc3)c3n(c1-2)[B-](F)(F)[N+]1=C(c2ccc(OCC(=O)NCCCN4CCOCC4)cc2)C(I)=C(c2ccccc2)C1=N3. The lowest BCUT2D eigenvalue weighted by Crippen LogP contribution is -2.53. The number of aryl methyl sites for hydroxylation is 1. The molecule has 1 fully saturated rings. The van der Waals surface area contributed by atoms with E-state index in [0.717, 1.165) is 77.1 Å². The summed E-state index contributed by atoms with van der Waals surface area (Å²) in [4.78, 5) is 20.2. The molecule has 4 heterocycles. The topological polar surface area (TPSA) is 80.3 Å². The third-order valence-corrected chi connectivity index (χ3v) is 12.2. The number of nitrogens with zero attached hydrogens (tertiary/aromatic N) is 4. The molecule has 9 rings (SSSR count). The average molecular weight is 880 g/mol. The number of amidine groups is 1. The van der Waals surface area contributed by atoms with Crippen LogP contribution in [-0.2, 0) is 22.4 Å². The summed E-state index contributed by atoms with van der Waals surface area (Å²) in [7, 11) is 1.62. The highest BCUT2D eigenvalue weighted by molar-refractivity contribution is 14.1. The fourth-order valence-corrected chi connectivity index (χ4v) is 9.57. The molecule has 1 amide bonds. The minimum atomic E-state index is -4.51. The molecule has 0 bridgehead atoms. The minimum Gasteiger partial charge on any atom is -0.497 e. The molecule has 4 aliphatic rings. The number of ether oxygens (including phenoxy) is 3. The summed E-state index contributed by atoms with van der Waals surface area (Å²) >= 11 is 2.20. The van der Waals surface area contributed by atoms with Gasteiger partial charge in [0.1, 0.15) is 17.2 Å². The number of allylic oxidation sites excluding steroid dienone is 1. The minimum absolute atomic E-state index is 0.147. The lowest BCUT2D eigenvalue weighted by atomic mass is 9.85. The van der Waals surface area contributed by atoms with Crippen LogP contribution in [-0.4, -0.2) is 91.4 Å². The number of methoxy groups -OCH3 is 1. The number of amides is 1. The Morgan fingerprint density at radius 2 is 1.61 bits per heavy atom. The van der Waals surface area contributed by atoms with Crippen LogP contribution in [0.3, 0.4) is 0 Å². The maximum absolute atomic E-state index is 18.1. The number of nitrogens with one attached hydrogen (secondary N) is 1. The van der Waals surface area contributed by atoms with Gasteiger partial charge in [-0.05, 0) is 124 Å². The number of hydrogen-bond acceptors (Lipinski definition) is 6. The van der Waals surface area contributed by atoms with Gasteiger partial charge in [0, 0.05) is 30.9 Å². The van der Waals surface area contributed by atoms with Crippen molar-refractivity contribution in [1.82, 2.24) is 14.7 Å². The zero-order valence-corrected chi connectivity index (χ0v) is 33.7. The monoisotopic (exact) mass is 879 g/mol. The van der Waals surface area contributed by atoms with Gasteiger partial charge in [-0.25, -0.2) is 0 Å². The molecule has 57 heavy (non-hydrogen) atoms. The summed E-state index contributed by atoms with van der Waals surface area (Å²) in [5, 5.41) is 2.93. The smallest absolute Gasteiger partial charge is 0.497 e. The van der Waals surface area contributed by atoms with E-state index in [1.54, 1.807) is 31.4 Å².